The van der Waals surface area contributed by atoms with Crippen molar-refractivity contribution < 1.29 is 22.9 Å². The molecule has 1 aliphatic carbocycles. The van der Waals surface area contributed by atoms with Crippen LogP contribution < -0.4 is 4.72 Å². The minimum Gasteiger partial charge on any atom is -0.463 e. The van der Waals surface area contributed by atoms with Gasteiger partial charge in [-0.25, -0.2) is 17.9 Å². The van der Waals surface area contributed by atoms with E-state index in [1.165, 1.54) is 0 Å². The first kappa shape index (κ1) is 17.8. The van der Waals surface area contributed by atoms with Crippen LogP contribution in [-0.2, 0) is 19.6 Å². The minimum atomic E-state index is -3.87. The molecule has 9 heteroatoms. The van der Waals surface area contributed by atoms with E-state index in [2.05, 4.69) is 4.72 Å². The molecular formula is C15H16N2O6S. The zero-order valence-corrected chi connectivity index (χ0v) is 13.7. The number of nitro groups is 1. The van der Waals surface area contributed by atoms with E-state index in [1.54, 1.807) is 25.2 Å². The average Bonchev–Trinajstić information content (AvgIpc) is 2.55. The van der Waals surface area contributed by atoms with Crippen molar-refractivity contribution in [1.29, 1.82) is 0 Å². The van der Waals surface area contributed by atoms with Crippen molar-refractivity contribution in [3.05, 3.63) is 58.2 Å². The summed E-state index contributed by atoms with van der Waals surface area (Å²) in [4.78, 5) is 21.6. The third kappa shape index (κ3) is 4.27. The second kappa shape index (κ2) is 7.37. The van der Waals surface area contributed by atoms with Gasteiger partial charge in [-0.15, -0.1) is 0 Å². The Morgan fingerprint density at radius 2 is 2.04 bits per heavy atom. The molecule has 0 saturated carbocycles. The van der Waals surface area contributed by atoms with Gasteiger partial charge in [-0.1, -0.05) is 18.2 Å². The van der Waals surface area contributed by atoms with Gasteiger partial charge in [0.2, 0.25) is 10.0 Å². The van der Waals surface area contributed by atoms with E-state index in [0.717, 1.165) is 24.3 Å². The number of hydrogen-bond donors (Lipinski definition) is 1. The lowest BCUT2D eigenvalue weighted by Crippen LogP contribution is -2.35. The molecule has 0 heterocycles. The van der Waals surface area contributed by atoms with Gasteiger partial charge in [0.1, 0.15) is 0 Å². The summed E-state index contributed by atoms with van der Waals surface area (Å²) in [7, 11) is -3.87. The lowest BCUT2D eigenvalue weighted by atomic mass is 10.0. The topological polar surface area (TPSA) is 116 Å². The predicted octanol–water partition coefficient (Wildman–Crippen LogP) is 1.69. The number of sulfonamides is 1. The lowest BCUT2D eigenvalue weighted by molar-refractivity contribution is -0.384. The first-order valence-corrected chi connectivity index (χ1v) is 8.63. The molecule has 1 N–H and O–H groups in total. The van der Waals surface area contributed by atoms with Crippen LogP contribution in [0.4, 0.5) is 5.69 Å². The third-order valence-electron chi connectivity index (χ3n) is 3.28. The van der Waals surface area contributed by atoms with E-state index in [-0.39, 0.29) is 23.6 Å². The molecule has 0 spiro atoms. The Labute approximate surface area is 139 Å². The van der Waals surface area contributed by atoms with E-state index in [9.17, 15) is 23.3 Å². The average molecular weight is 352 g/mol. The quantitative estimate of drug-likeness (QED) is 0.473. The molecule has 0 radical (unpaired) electrons. The van der Waals surface area contributed by atoms with Crippen molar-refractivity contribution in [3.8, 4) is 0 Å². The van der Waals surface area contributed by atoms with Crippen molar-refractivity contribution >= 4 is 21.7 Å². The molecule has 0 amide bonds. The Morgan fingerprint density at radius 3 is 2.62 bits per heavy atom. The lowest BCUT2D eigenvalue weighted by Gasteiger charge is -2.19. The Hall–Kier alpha value is -2.52. The molecule has 0 unspecified atom stereocenters. The highest BCUT2D eigenvalue weighted by Gasteiger charge is 2.24. The number of ether oxygens (including phenoxy) is 1. The zero-order valence-electron chi connectivity index (χ0n) is 12.8. The number of esters is 1. The maximum atomic E-state index is 12.3. The fraction of sp³-hybridized carbons (Fsp3) is 0.267. The largest absolute Gasteiger partial charge is 0.463 e. The summed E-state index contributed by atoms with van der Waals surface area (Å²) in [6, 6.07) is 3.96. The van der Waals surface area contributed by atoms with Crippen LogP contribution in [0, 0.1) is 10.1 Å². The Balaban J connectivity index is 2.10. The molecule has 128 valence electrons. The molecule has 1 aliphatic rings. The number of nitro benzene ring substituents is 1. The predicted molar refractivity (Wildman–Crippen MR) is 85.7 cm³/mol. The van der Waals surface area contributed by atoms with Crippen LogP contribution in [0.5, 0.6) is 0 Å². The Bertz CT molecular complexity index is 796. The fourth-order valence-corrected chi connectivity index (χ4v) is 3.34. The van der Waals surface area contributed by atoms with Crippen LogP contribution in [0.25, 0.3) is 0 Å². The second-order valence-corrected chi connectivity index (χ2v) is 6.69. The zero-order chi connectivity index (χ0) is 17.7. The van der Waals surface area contributed by atoms with Crippen LogP contribution in [0.3, 0.4) is 0 Å². The summed E-state index contributed by atoms with van der Waals surface area (Å²) in [5, 5.41) is 10.6. The highest BCUT2D eigenvalue weighted by molar-refractivity contribution is 7.89. The van der Waals surface area contributed by atoms with Gasteiger partial charge in [-0.3, -0.25) is 10.1 Å². The smallest absolute Gasteiger partial charge is 0.334 e. The van der Waals surface area contributed by atoms with Gasteiger partial charge in [-0.2, -0.15) is 0 Å². The number of benzene rings is 1. The van der Waals surface area contributed by atoms with Gasteiger partial charge in [-0.05, 0) is 25.5 Å². The van der Waals surface area contributed by atoms with Crippen molar-refractivity contribution in [1.82, 2.24) is 4.72 Å². The van der Waals surface area contributed by atoms with E-state index >= 15 is 0 Å². The van der Waals surface area contributed by atoms with Crippen LogP contribution in [0.15, 0.2) is 53.0 Å². The highest BCUT2D eigenvalue weighted by Crippen LogP contribution is 2.19. The first-order valence-electron chi connectivity index (χ1n) is 7.14. The van der Waals surface area contributed by atoms with E-state index in [0.29, 0.717) is 5.57 Å². The molecule has 8 nitrogen and oxygen atoms in total. The number of non-ortho nitro benzene ring substituents is 1. The van der Waals surface area contributed by atoms with Crippen LogP contribution in [0.2, 0.25) is 0 Å². The molecule has 2 rings (SSSR count). The molecule has 24 heavy (non-hydrogen) atoms. The molecule has 0 aromatic heterocycles. The van der Waals surface area contributed by atoms with E-state index in [1.807, 2.05) is 0 Å². The molecule has 0 bridgehead atoms. The molecule has 0 aliphatic heterocycles. The summed E-state index contributed by atoms with van der Waals surface area (Å²) < 4.78 is 32.0. The van der Waals surface area contributed by atoms with Crippen molar-refractivity contribution in [2.24, 2.45) is 0 Å². The number of nitrogens with one attached hydrogen (secondary N) is 1. The number of hydrogen-bond acceptors (Lipinski definition) is 6. The maximum Gasteiger partial charge on any atom is 0.334 e. The number of allylic oxidation sites excluding steroid dienone is 2. The number of carbonyl (C=O) groups excluding carboxylic acids is 1. The minimum absolute atomic E-state index is 0.0891. The summed E-state index contributed by atoms with van der Waals surface area (Å²) in [6.45, 7) is 1.92. The van der Waals surface area contributed by atoms with E-state index in [4.69, 9.17) is 4.74 Å². The first-order chi connectivity index (χ1) is 11.3. The maximum absolute atomic E-state index is 12.3. The van der Waals surface area contributed by atoms with Crippen LogP contribution in [-0.4, -0.2) is 32.0 Å². The summed E-state index contributed by atoms with van der Waals surface area (Å²) in [6.07, 6.45) is 4.95. The van der Waals surface area contributed by atoms with Gasteiger partial charge >= 0.3 is 5.97 Å². The molecule has 0 saturated heterocycles. The highest BCUT2D eigenvalue weighted by atomic mass is 32.2. The monoisotopic (exact) mass is 352 g/mol. The number of rotatable bonds is 6. The molecule has 1 aromatic carbocycles. The SMILES string of the molecule is CCOC(=O)C1=CC=C[C@@H](NS(=O)(=O)c2ccc([N+](=O)[O-])cc2)C1. The molecule has 0 fully saturated rings. The van der Waals surface area contributed by atoms with Crippen molar-refractivity contribution in [2.45, 2.75) is 24.3 Å². The summed E-state index contributed by atoms with van der Waals surface area (Å²) >= 11 is 0. The van der Waals surface area contributed by atoms with Gasteiger partial charge in [0, 0.05) is 23.7 Å². The Morgan fingerprint density at radius 1 is 1.38 bits per heavy atom. The van der Waals surface area contributed by atoms with Crippen LogP contribution in [0.1, 0.15) is 13.3 Å². The fourth-order valence-electron chi connectivity index (χ4n) is 2.15. The number of carbonyl (C=O) groups is 1. The Kier molecular flexibility index (Phi) is 5.47. The normalized spacial score (nSPS) is 17.2. The second-order valence-electron chi connectivity index (χ2n) is 4.98. The molecule has 1 aromatic rings. The standard InChI is InChI=1S/C15H16N2O6S/c1-2-23-15(18)11-4-3-5-12(10-11)16-24(21,22)14-8-6-13(7-9-14)17(19)20/h3-9,12,16H,2,10H2,1H3/t12-/m1/s1. The van der Waals surface area contributed by atoms with Crippen molar-refractivity contribution in [2.75, 3.05) is 6.61 Å². The van der Waals surface area contributed by atoms with Gasteiger partial charge in [0.05, 0.1) is 16.4 Å². The van der Waals surface area contributed by atoms with Gasteiger partial charge < -0.3 is 4.74 Å². The number of nitrogens with zero attached hydrogens (tertiary/aromatic N) is 1. The molecule has 1 atom stereocenters. The summed E-state index contributed by atoms with van der Waals surface area (Å²) in [5.41, 5.74) is 0.176. The van der Waals surface area contributed by atoms with E-state index < -0.39 is 27.0 Å². The molecular weight excluding hydrogens is 336 g/mol. The third-order valence-corrected chi connectivity index (χ3v) is 4.79. The van der Waals surface area contributed by atoms with Gasteiger partial charge in [0.15, 0.2) is 0 Å². The van der Waals surface area contributed by atoms with Gasteiger partial charge in [0.25, 0.3) is 5.69 Å². The van der Waals surface area contributed by atoms with Crippen molar-refractivity contribution in [3.63, 3.8) is 0 Å². The van der Waals surface area contributed by atoms with Crippen LogP contribution >= 0.6 is 0 Å². The summed E-state index contributed by atoms with van der Waals surface area (Å²) in [5.74, 6) is -0.485.